The number of nitrogens with zero attached hydrogens (tertiary/aromatic N) is 1. The zero-order valence-electron chi connectivity index (χ0n) is 10.1. The molecule has 96 valence electrons. The summed E-state index contributed by atoms with van der Waals surface area (Å²) in [6.45, 7) is 0.456. The lowest BCUT2D eigenvalue weighted by Crippen LogP contribution is -1.97. The Bertz CT molecular complexity index is 575. The van der Waals surface area contributed by atoms with E-state index in [2.05, 4.69) is 4.98 Å². The van der Waals surface area contributed by atoms with Crippen molar-refractivity contribution in [3.8, 4) is 5.75 Å². The largest absolute Gasteiger partial charge is 0.494 e. The number of carboxylic acids is 1. The number of aromatic carboxylic acids is 1. The highest BCUT2D eigenvalue weighted by molar-refractivity contribution is 6.01. The molecule has 0 aliphatic rings. The molecule has 0 fully saturated rings. The molecule has 2 rings (SSSR count). The normalized spacial score (nSPS) is 10.8. The van der Waals surface area contributed by atoms with E-state index in [9.17, 15) is 4.79 Å². The van der Waals surface area contributed by atoms with Gasteiger partial charge in [-0.2, -0.15) is 0 Å². The second-order valence-corrected chi connectivity index (χ2v) is 3.65. The van der Waals surface area contributed by atoms with Gasteiger partial charge in [0.1, 0.15) is 11.3 Å². The van der Waals surface area contributed by atoms with Crippen LogP contribution in [0.1, 0.15) is 16.2 Å². The standard InChI is InChI=1S/C12H13NO5/c1-16-6-5-9-13-10-8(17-2)4-3-7(12(14)15)11(10)18-9/h3-4H,5-6H2,1-2H3,(H,14,15). The topological polar surface area (TPSA) is 81.8 Å². The molecule has 1 heterocycles. The van der Waals surface area contributed by atoms with E-state index in [4.69, 9.17) is 19.0 Å². The molecule has 0 saturated carbocycles. The van der Waals surface area contributed by atoms with Crippen molar-refractivity contribution in [2.75, 3.05) is 20.8 Å². The van der Waals surface area contributed by atoms with Gasteiger partial charge in [0.15, 0.2) is 17.0 Å². The van der Waals surface area contributed by atoms with Gasteiger partial charge in [0.2, 0.25) is 0 Å². The fraction of sp³-hybridized carbons (Fsp3) is 0.333. The van der Waals surface area contributed by atoms with Crippen molar-refractivity contribution in [3.05, 3.63) is 23.6 Å². The second-order valence-electron chi connectivity index (χ2n) is 3.65. The van der Waals surface area contributed by atoms with Crippen molar-refractivity contribution in [2.45, 2.75) is 6.42 Å². The summed E-state index contributed by atoms with van der Waals surface area (Å²) in [6, 6.07) is 3.00. The van der Waals surface area contributed by atoms with E-state index in [-0.39, 0.29) is 11.1 Å². The minimum atomic E-state index is -1.06. The first-order chi connectivity index (χ1) is 8.67. The first-order valence-electron chi connectivity index (χ1n) is 5.36. The Hall–Kier alpha value is -2.08. The predicted molar refractivity (Wildman–Crippen MR) is 63.1 cm³/mol. The van der Waals surface area contributed by atoms with Crippen molar-refractivity contribution >= 4 is 17.1 Å². The molecule has 0 aliphatic heterocycles. The molecule has 0 saturated heterocycles. The molecule has 2 aromatic rings. The van der Waals surface area contributed by atoms with Gasteiger partial charge in [0, 0.05) is 13.5 Å². The molecule has 0 amide bonds. The zero-order chi connectivity index (χ0) is 13.1. The molecule has 0 atom stereocenters. The summed E-state index contributed by atoms with van der Waals surface area (Å²) in [5.74, 6) is -0.140. The van der Waals surface area contributed by atoms with Crippen LogP contribution in [0.2, 0.25) is 0 Å². The Morgan fingerprint density at radius 1 is 1.44 bits per heavy atom. The third kappa shape index (κ3) is 2.14. The maximum atomic E-state index is 11.1. The summed E-state index contributed by atoms with van der Waals surface area (Å²) in [6.07, 6.45) is 0.480. The van der Waals surface area contributed by atoms with Crippen molar-refractivity contribution in [1.82, 2.24) is 4.98 Å². The Morgan fingerprint density at radius 2 is 2.22 bits per heavy atom. The summed E-state index contributed by atoms with van der Waals surface area (Å²) in [5, 5.41) is 9.08. The number of carboxylic acid groups (broad SMARTS) is 1. The highest BCUT2D eigenvalue weighted by atomic mass is 16.5. The third-order valence-corrected chi connectivity index (χ3v) is 2.52. The lowest BCUT2D eigenvalue weighted by molar-refractivity contribution is 0.0698. The predicted octanol–water partition coefficient (Wildman–Crippen LogP) is 1.72. The summed E-state index contributed by atoms with van der Waals surface area (Å²) in [5.41, 5.74) is 0.721. The van der Waals surface area contributed by atoms with Crippen LogP contribution in [0.25, 0.3) is 11.1 Å². The van der Waals surface area contributed by atoms with Crippen LogP contribution in [0.5, 0.6) is 5.75 Å². The fourth-order valence-electron chi connectivity index (χ4n) is 1.66. The summed E-state index contributed by atoms with van der Waals surface area (Å²) in [7, 11) is 3.07. The first-order valence-corrected chi connectivity index (χ1v) is 5.36. The van der Waals surface area contributed by atoms with Crippen molar-refractivity contribution in [3.63, 3.8) is 0 Å². The average molecular weight is 251 g/mol. The number of rotatable bonds is 5. The molecule has 0 aliphatic carbocycles. The molecule has 6 nitrogen and oxygen atoms in total. The van der Waals surface area contributed by atoms with Crippen LogP contribution in [0, 0.1) is 0 Å². The molecule has 0 bridgehead atoms. The van der Waals surface area contributed by atoms with E-state index in [0.29, 0.717) is 30.2 Å². The van der Waals surface area contributed by atoms with Crippen LogP contribution in [0.3, 0.4) is 0 Å². The van der Waals surface area contributed by atoms with Crippen LogP contribution in [0.4, 0.5) is 0 Å². The summed E-state index contributed by atoms with van der Waals surface area (Å²) < 4.78 is 15.5. The van der Waals surface area contributed by atoms with E-state index in [0.717, 1.165) is 0 Å². The quantitative estimate of drug-likeness (QED) is 0.871. The number of aromatic nitrogens is 1. The molecular weight excluding hydrogens is 238 g/mol. The Balaban J connectivity index is 2.55. The second kappa shape index (κ2) is 5.05. The van der Waals surface area contributed by atoms with E-state index in [1.807, 2.05) is 0 Å². The fourth-order valence-corrected chi connectivity index (χ4v) is 1.66. The Morgan fingerprint density at radius 3 is 2.83 bits per heavy atom. The number of hydrogen-bond donors (Lipinski definition) is 1. The number of ether oxygens (including phenoxy) is 2. The highest BCUT2D eigenvalue weighted by Crippen LogP contribution is 2.29. The van der Waals surface area contributed by atoms with Gasteiger partial charge in [0.05, 0.1) is 13.7 Å². The van der Waals surface area contributed by atoms with E-state index < -0.39 is 5.97 Å². The Labute approximate surface area is 103 Å². The minimum Gasteiger partial charge on any atom is -0.494 e. The lowest BCUT2D eigenvalue weighted by atomic mass is 10.2. The number of oxazole rings is 1. The number of methoxy groups -OCH3 is 2. The Kier molecular flexibility index (Phi) is 3.47. The van der Waals surface area contributed by atoms with Gasteiger partial charge in [-0.25, -0.2) is 9.78 Å². The molecule has 1 aromatic carbocycles. The molecular formula is C12H13NO5. The number of carbonyl (C=O) groups is 1. The van der Waals surface area contributed by atoms with Crippen LogP contribution < -0.4 is 4.74 Å². The van der Waals surface area contributed by atoms with Crippen LogP contribution >= 0.6 is 0 Å². The smallest absolute Gasteiger partial charge is 0.339 e. The highest BCUT2D eigenvalue weighted by Gasteiger charge is 2.18. The number of fused-ring (bicyclic) bond motifs is 1. The van der Waals surface area contributed by atoms with E-state index >= 15 is 0 Å². The minimum absolute atomic E-state index is 0.0713. The monoisotopic (exact) mass is 251 g/mol. The molecule has 1 N–H and O–H groups in total. The van der Waals surface area contributed by atoms with E-state index in [1.165, 1.54) is 13.2 Å². The maximum Gasteiger partial charge on any atom is 0.339 e. The molecule has 0 unspecified atom stereocenters. The van der Waals surface area contributed by atoms with Crippen LogP contribution in [-0.2, 0) is 11.2 Å². The van der Waals surface area contributed by atoms with Gasteiger partial charge in [-0.05, 0) is 12.1 Å². The van der Waals surface area contributed by atoms with Gasteiger partial charge in [-0.15, -0.1) is 0 Å². The number of benzene rings is 1. The van der Waals surface area contributed by atoms with Gasteiger partial charge in [0.25, 0.3) is 0 Å². The lowest BCUT2D eigenvalue weighted by Gasteiger charge is -2.00. The molecule has 0 radical (unpaired) electrons. The third-order valence-electron chi connectivity index (χ3n) is 2.52. The van der Waals surface area contributed by atoms with Gasteiger partial charge < -0.3 is 19.0 Å². The van der Waals surface area contributed by atoms with Crippen LogP contribution in [-0.4, -0.2) is 36.9 Å². The van der Waals surface area contributed by atoms with Crippen LogP contribution in [0.15, 0.2) is 16.5 Å². The molecule has 6 heteroatoms. The van der Waals surface area contributed by atoms with Gasteiger partial charge in [-0.1, -0.05) is 0 Å². The molecule has 18 heavy (non-hydrogen) atoms. The van der Waals surface area contributed by atoms with Crippen molar-refractivity contribution in [1.29, 1.82) is 0 Å². The maximum absolute atomic E-state index is 11.1. The van der Waals surface area contributed by atoms with Gasteiger partial charge >= 0.3 is 5.97 Å². The summed E-state index contributed by atoms with van der Waals surface area (Å²) in [4.78, 5) is 15.3. The summed E-state index contributed by atoms with van der Waals surface area (Å²) >= 11 is 0. The average Bonchev–Trinajstić information content (AvgIpc) is 2.78. The zero-order valence-corrected chi connectivity index (χ0v) is 10.1. The van der Waals surface area contributed by atoms with E-state index in [1.54, 1.807) is 13.2 Å². The van der Waals surface area contributed by atoms with Gasteiger partial charge in [-0.3, -0.25) is 0 Å². The number of hydrogen-bond acceptors (Lipinski definition) is 5. The molecule has 1 aromatic heterocycles. The van der Waals surface area contributed by atoms with Crippen molar-refractivity contribution in [2.24, 2.45) is 0 Å². The molecule has 0 spiro atoms. The first kappa shape index (κ1) is 12.4. The SMILES string of the molecule is COCCc1nc2c(OC)ccc(C(=O)O)c2o1. The van der Waals surface area contributed by atoms with Crippen molar-refractivity contribution < 1.29 is 23.8 Å².